The van der Waals surface area contributed by atoms with Gasteiger partial charge in [0.05, 0.1) is 11.0 Å². The van der Waals surface area contributed by atoms with Gasteiger partial charge in [0.25, 0.3) is 0 Å². The lowest BCUT2D eigenvalue weighted by Gasteiger charge is -2.42. The molecule has 3 aromatic carbocycles. The maximum Gasteiger partial charge on any atom is 0.139 e. The monoisotopic (exact) mass is 365 g/mol. The third kappa shape index (κ3) is 2.47. The Bertz CT molecular complexity index is 1230. The highest BCUT2D eigenvalue weighted by Crippen LogP contribution is 2.46. The van der Waals surface area contributed by atoms with Gasteiger partial charge in [0.15, 0.2) is 0 Å². The van der Waals surface area contributed by atoms with Crippen LogP contribution in [0.4, 0.5) is 0 Å². The van der Waals surface area contributed by atoms with Crippen molar-refractivity contribution >= 4 is 35.1 Å². The molecule has 1 heterocycles. The van der Waals surface area contributed by atoms with Crippen molar-refractivity contribution in [3.63, 3.8) is 0 Å². The van der Waals surface area contributed by atoms with Gasteiger partial charge in [-0.25, -0.2) is 0 Å². The van der Waals surface area contributed by atoms with E-state index >= 15 is 0 Å². The third-order valence-corrected chi connectivity index (χ3v) is 6.92. The lowest BCUT2D eigenvalue weighted by Crippen LogP contribution is -2.33. The summed E-state index contributed by atoms with van der Waals surface area (Å²) in [5.41, 5.74) is 8.67. The van der Waals surface area contributed by atoms with Crippen molar-refractivity contribution in [1.29, 1.82) is 0 Å². The van der Waals surface area contributed by atoms with Crippen LogP contribution in [0.15, 0.2) is 60.7 Å². The fraction of sp³-hybridized carbons (Fsp3) is 0.308. The fourth-order valence-electron chi connectivity index (χ4n) is 5.08. The van der Waals surface area contributed by atoms with Crippen molar-refractivity contribution in [3.05, 3.63) is 71.8 Å². The molecule has 0 N–H and O–H groups in total. The van der Waals surface area contributed by atoms with Gasteiger partial charge in [-0.3, -0.25) is 0 Å². The molecule has 28 heavy (non-hydrogen) atoms. The first-order valence-corrected chi connectivity index (χ1v) is 10.4. The van der Waals surface area contributed by atoms with Crippen LogP contribution < -0.4 is 5.46 Å². The molecule has 1 aromatic heterocycles. The maximum atomic E-state index is 2.46. The predicted molar refractivity (Wildman–Crippen MR) is 124 cm³/mol. The topological polar surface area (TPSA) is 4.93 Å². The molecule has 1 nitrogen and oxygen atoms in total. The van der Waals surface area contributed by atoms with Gasteiger partial charge in [-0.05, 0) is 59.1 Å². The molecular formula is C26H28BN. The number of hydrogen-bond acceptors (Lipinski definition) is 0. The van der Waals surface area contributed by atoms with Crippen LogP contribution in [0.1, 0.15) is 51.7 Å². The van der Waals surface area contributed by atoms with Crippen LogP contribution in [0, 0.1) is 0 Å². The average molecular weight is 365 g/mol. The van der Waals surface area contributed by atoms with Crippen LogP contribution in [0.25, 0.3) is 27.5 Å². The van der Waals surface area contributed by atoms with Crippen molar-refractivity contribution in [2.45, 2.75) is 51.4 Å². The summed E-state index contributed by atoms with van der Waals surface area (Å²) in [5, 5.41) is 2.67. The summed E-state index contributed by atoms with van der Waals surface area (Å²) in [6.45, 7) is 9.59. The van der Waals surface area contributed by atoms with E-state index < -0.39 is 0 Å². The van der Waals surface area contributed by atoms with Crippen molar-refractivity contribution in [2.24, 2.45) is 0 Å². The molecule has 0 amide bonds. The summed E-state index contributed by atoms with van der Waals surface area (Å²) in [4.78, 5) is 0. The van der Waals surface area contributed by atoms with Crippen LogP contribution in [0.5, 0.6) is 0 Å². The molecule has 2 heteroatoms. The number of hydrogen-bond donors (Lipinski definition) is 0. The van der Waals surface area contributed by atoms with E-state index in [2.05, 4.69) is 101 Å². The van der Waals surface area contributed by atoms with Gasteiger partial charge in [0, 0.05) is 16.5 Å². The summed E-state index contributed by atoms with van der Waals surface area (Å²) in [5.74, 6) is 0. The van der Waals surface area contributed by atoms with Gasteiger partial charge in [-0.15, -0.1) is 0 Å². The zero-order valence-electron chi connectivity index (χ0n) is 17.6. The Kier molecular flexibility index (Phi) is 3.63. The lowest BCUT2D eigenvalue weighted by molar-refractivity contribution is 0.332. The van der Waals surface area contributed by atoms with Gasteiger partial charge in [0.2, 0.25) is 0 Å². The van der Waals surface area contributed by atoms with E-state index in [-0.39, 0.29) is 10.8 Å². The SMILES string of the molecule is Bc1ccc2c(c1)c1ccccc1n2-c1ccc2c(c1)C(C)(C)CCC2(C)C. The van der Waals surface area contributed by atoms with E-state index in [1.54, 1.807) is 0 Å². The van der Waals surface area contributed by atoms with E-state index in [4.69, 9.17) is 0 Å². The normalized spacial score (nSPS) is 17.7. The Morgan fingerprint density at radius 1 is 0.714 bits per heavy atom. The van der Waals surface area contributed by atoms with Gasteiger partial charge in [-0.2, -0.15) is 0 Å². The molecule has 0 unspecified atom stereocenters. The molecule has 1 aliphatic rings. The second kappa shape index (κ2) is 5.76. The molecule has 4 aromatic rings. The largest absolute Gasteiger partial charge is 0.309 e. The van der Waals surface area contributed by atoms with Gasteiger partial charge >= 0.3 is 0 Å². The zero-order chi connectivity index (χ0) is 19.7. The van der Waals surface area contributed by atoms with Crippen molar-refractivity contribution in [2.75, 3.05) is 0 Å². The molecular weight excluding hydrogens is 337 g/mol. The molecule has 0 atom stereocenters. The highest BCUT2D eigenvalue weighted by atomic mass is 15.0. The van der Waals surface area contributed by atoms with E-state index in [1.165, 1.54) is 56.9 Å². The van der Waals surface area contributed by atoms with E-state index in [0.29, 0.717) is 0 Å². The minimum atomic E-state index is 0.218. The smallest absolute Gasteiger partial charge is 0.139 e. The molecule has 0 bridgehead atoms. The van der Waals surface area contributed by atoms with E-state index in [1.807, 2.05) is 0 Å². The highest BCUT2D eigenvalue weighted by Gasteiger charge is 2.37. The number of para-hydroxylation sites is 1. The number of benzene rings is 3. The van der Waals surface area contributed by atoms with Crippen LogP contribution in [-0.2, 0) is 10.8 Å². The lowest BCUT2D eigenvalue weighted by atomic mass is 9.63. The van der Waals surface area contributed by atoms with Gasteiger partial charge in [-0.1, -0.05) is 69.6 Å². The van der Waals surface area contributed by atoms with Gasteiger partial charge in [0.1, 0.15) is 7.85 Å². The average Bonchev–Trinajstić information content (AvgIpc) is 2.99. The summed E-state index contributed by atoms with van der Waals surface area (Å²) in [6, 6.07) is 22.8. The van der Waals surface area contributed by atoms with Crippen LogP contribution in [0.3, 0.4) is 0 Å². The molecule has 0 saturated carbocycles. The first kappa shape index (κ1) is 17.6. The maximum absolute atomic E-state index is 2.46. The molecule has 0 fully saturated rings. The Morgan fingerprint density at radius 3 is 2.18 bits per heavy atom. The Balaban J connectivity index is 1.84. The number of aromatic nitrogens is 1. The fourth-order valence-corrected chi connectivity index (χ4v) is 5.08. The summed E-state index contributed by atoms with van der Waals surface area (Å²) in [7, 11) is 2.18. The second-order valence-corrected chi connectivity index (χ2v) is 9.87. The van der Waals surface area contributed by atoms with Crippen LogP contribution in [0.2, 0.25) is 0 Å². The number of nitrogens with zero attached hydrogens (tertiary/aromatic N) is 1. The van der Waals surface area contributed by atoms with Crippen molar-refractivity contribution in [3.8, 4) is 5.69 Å². The molecule has 0 saturated heterocycles. The first-order chi connectivity index (χ1) is 13.3. The Morgan fingerprint density at radius 2 is 1.39 bits per heavy atom. The Hall–Kier alpha value is -2.48. The van der Waals surface area contributed by atoms with Crippen molar-refractivity contribution < 1.29 is 0 Å². The van der Waals surface area contributed by atoms with Crippen LogP contribution in [-0.4, -0.2) is 12.4 Å². The van der Waals surface area contributed by atoms with E-state index in [0.717, 1.165) is 0 Å². The molecule has 0 aliphatic heterocycles. The molecule has 0 spiro atoms. The highest BCUT2D eigenvalue weighted by molar-refractivity contribution is 6.33. The Labute approximate surface area is 168 Å². The molecule has 1 aliphatic carbocycles. The standard InChI is InChI=1S/C26H28BN/c1-25(2)13-14-26(3,4)22-16-18(10-11-21(22)25)28-23-8-6-5-7-19(23)20-15-17(27)9-12-24(20)28/h5-12,15-16H,13-14,27H2,1-4H3. The van der Waals surface area contributed by atoms with Crippen LogP contribution >= 0.6 is 0 Å². The number of fused-ring (bicyclic) bond motifs is 4. The quantitative estimate of drug-likeness (QED) is 0.399. The first-order valence-electron chi connectivity index (χ1n) is 10.4. The molecule has 5 rings (SSSR count). The van der Waals surface area contributed by atoms with E-state index in [9.17, 15) is 0 Å². The number of rotatable bonds is 1. The zero-order valence-corrected chi connectivity index (χ0v) is 17.6. The molecule has 0 radical (unpaired) electrons. The minimum Gasteiger partial charge on any atom is -0.309 e. The summed E-state index contributed by atoms with van der Waals surface area (Å²) < 4.78 is 2.45. The molecule has 140 valence electrons. The van der Waals surface area contributed by atoms with Gasteiger partial charge < -0.3 is 4.57 Å². The predicted octanol–water partition coefficient (Wildman–Crippen LogP) is 5.39. The summed E-state index contributed by atoms with van der Waals surface area (Å²) >= 11 is 0. The minimum absolute atomic E-state index is 0.218. The van der Waals surface area contributed by atoms with Crippen molar-refractivity contribution in [1.82, 2.24) is 4.57 Å². The summed E-state index contributed by atoms with van der Waals surface area (Å²) in [6.07, 6.45) is 2.49. The second-order valence-electron chi connectivity index (χ2n) is 9.87. The third-order valence-electron chi connectivity index (χ3n) is 6.92.